The maximum Gasteiger partial charge on any atom is 0.514 e. The SMILES string of the molecule is CC(=C=O)C(/C=C(\OC(=O)OC(C)(C)C)C(C)=C=O)=C1OO1. The summed E-state index contributed by atoms with van der Waals surface area (Å²) in [5, 5.41) is 0. The topological polar surface area (TPSA) is 94.7 Å². The number of hydrogen-bond acceptors (Lipinski definition) is 7. The van der Waals surface area contributed by atoms with Crippen molar-refractivity contribution in [2.45, 2.75) is 40.2 Å². The van der Waals surface area contributed by atoms with Gasteiger partial charge in [-0.25, -0.2) is 24.2 Å². The van der Waals surface area contributed by atoms with Crippen molar-refractivity contribution in [3.8, 4) is 0 Å². The molecular formula is C15H16O7. The molecule has 0 aromatic carbocycles. The second-order valence-corrected chi connectivity index (χ2v) is 5.40. The zero-order valence-corrected chi connectivity index (χ0v) is 12.9. The van der Waals surface area contributed by atoms with Gasteiger partial charge in [0.1, 0.15) is 23.2 Å². The van der Waals surface area contributed by atoms with Gasteiger partial charge in [-0.2, -0.15) is 0 Å². The number of carbonyl (C=O) groups is 1. The molecule has 118 valence electrons. The molecule has 0 aromatic rings. The predicted octanol–water partition coefficient (Wildman–Crippen LogP) is 2.55. The van der Waals surface area contributed by atoms with Crippen LogP contribution in [0.1, 0.15) is 34.6 Å². The monoisotopic (exact) mass is 308 g/mol. The quantitative estimate of drug-likeness (QED) is 0.197. The molecule has 0 atom stereocenters. The van der Waals surface area contributed by atoms with Crippen LogP contribution in [0, 0.1) is 0 Å². The average molecular weight is 308 g/mol. The Morgan fingerprint density at radius 2 is 1.64 bits per heavy atom. The Hall–Kier alpha value is -2.75. The van der Waals surface area contributed by atoms with Crippen LogP contribution in [0.2, 0.25) is 0 Å². The highest BCUT2D eigenvalue weighted by Crippen LogP contribution is 2.29. The predicted molar refractivity (Wildman–Crippen MR) is 74.4 cm³/mol. The number of hydrogen-bond donors (Lipinski definition) is 0. The molecule has 0 radical (unpaired) electrons. The van der Waals surface area contributed by atoms with E-state index >= 15 is 0 Å². The smallest absolute Gasteiger partial charge is 0.428 e. The Morgan fingerprint density at radius 3 is 2.05 bits per heavy atom. The summed E-state index contributed by atoms with van der Waals surface area (Å²) in [5.74, 6) is 3.19. The van der Waals surface area contributed by atoms with Crippen molar-refractivity contribution in [3.63, 3.8) is 0 Å². The van der Waals surface area contributed by atoms with Crippen molar-refractivity contribution in [2.24, 2.45) is 0 Å². The summed E-state index contributed by atoms with van der Waals surface area (Å²) in [6.07, 6.45) is 0.246. The van der Waals surface area contributed by atoms with E-state index in [-0.39, 0.29) is 28.4 Å². The molecule has 7 nitrogen and oxygen atoms in total. The molecule has 7 heteroatoms. The third-order valence-corrected chi connectivity index (χ3v) is 2.32. The van der Waals surface area contributed by atoms with E-state index in [2.05, 4.69) is 9.78 Å². The third-order valence-electron chi connectivity index (χ3n) is 2.32. The van der Waals surface area contributed by atoms with Gasteiger partial charge in [0.05, 0.1) is 11.1 Å². The van der Waals surface area contributed by atoms with Crippen LogP contribution in [0.15, 0.2) is 34.5 Å². The second-order valence-electron chi connectivity index (χ2n) is 5.40. The van der Waals surface area contributed by atoms with Crippen molar-refractivity contribution in [2.75, 3.05) is 0 Å². The van der Waals surface area contributed by atoms with E-state index in [0.29, 0.717) is 0 Å². The lowest BCUT2D eigenvalue weighted by Crippen LogP contribution is -2.24. The fraction of sp³-hybridized carbons (Fsp3) is 0.400. The van der Waals surface area contributed by atoms with Gasteiger partial charge in [-0.05, 0) is 40.7 Å². The summed E-state index contributed by atoms with van der Waals surface area (Å²) in [4.78, 5) is 42.4. The third kappa shape index (κ3) is 5.32. The molecule has 22 heavy (non-hydrogen) atoms. The molecular weight excluding hydrogens is 292 g/mol. The van der Waals surface area contributed by atoms with Crippen LogP contribution in [0.4, 0.5) is 4.79 Å². The number of carbonyl (C=O) groups excluding carboxylic acids is 3. The van der Waals surface area contributed by atoms with Gasteiger partial charge < -0.3 is 9.47 Å². The van der Waals surface area contributed by atoms with Gasteiger partial charge in [0.15, 0.2) is 0 Å². The van der Waals surface area contributed by atoms with Gasteiger partial charge in [0, 0.05) is 5.57 Å². The Labute approximate surface area is 127 Å². The molecule has 0 aliphatic carbocycles. The number of allylic oxidation sites excluding steroid dienone is 4. The molecule has 0 saturated carbocycles. The summed E-state index contributed by atoms with van der Waals surface area (Å²) in [6, 6.07) is 0. The van der Waals surface area contributed by atoms with Gasteiger partial charge in [-0.15, -0.1) is 0 Å². The Morgan fingerprint density at radius 1 is 1.09 bits per heavy atom. The minimum absolute atomic E-state index is 0.00306. The molecule has 0 bridgehead atoms. The molecule has 1 heterocycles. The first-order valence-corrected chi connectivity index (χ1v) is 6.33. The molecule has 1 aliphatic heterocycles. The maximum atomic E-state index is 11.7. The van der Waals surface area contributed by atoms with Crippen LogP contribution < -0.4 is 0 Å². The molecule has 1 saturated heterocycles. The Kier molecular flexibility index (Phi) is 5.35. The summed E-state index contributed by atoms with van der Waals surface area (Å²) < 4.78 is 9.99. The molecule has 0 N–H and O–H groups in total. The van der Waals surface area contributed by atoms with Crippen LogP contribution in [-0.2, 0) is 28.8 Å². The maximum absolute atomic E-state index is 11.7. The highest BCUT2D eigenvalue weighted by Gasteiger charge is 2.27. The van der Waals surface area contributed by atoms with Crippen molar-refractivity contribution in [3.05, 3.63) is 34.5 Å². The van der Waals surface area contributed by atoms with E-state index in [1.807, 2.05) is 0 Å². The fourth-order valence-corrected chi connectivity index (χ4v) is 1.24. The molecule has 0 amide bonds. The summed E-state index contributed by atoms with van der Waals surface area (Å²) in [7, 11) is 0. The molecule has 1 aliphatic rings. The molecule has 1 fully saturated rings. The summed E-state index contributed by atoms with van der Waals surface area (Å²) in [6.45, 7) is 7.85. The van der Waals surface area contributed by atoms with Gasteiger partial charge in [-0.1, -0.05) is 0 Å². The molecule has 1 rings (SSSR count). The van der Waals surface area contributed by atoms with E-state index in [1.54, 1.807) is 32.7 Å². The van der Waals surface area contributed by atoms with Crippen LogP contribution in [-0.4, -0.2) is 23.6 Å². The average Bonchev–Trinajstić information content (AvgIpc) is 3.23. The first-order chi connectivity index (χ1) is 10.2. The van der Waals surface area contributed by atoms with Crippen LogP contribution in [0.25, 0.3) is 0 Å². The lowest BCUT2D eigenvalue weighted by atomic mass is 10.1. The standard InChI is InChI=1S/C15H16O7/c1-9(7-16)11(13-21-22-13)6-12(10(2)8-17)19-14(18)20-15(3,4)5/h6H,1-5H3/b12-6-. The van der Waals surface area contributed by atoms with Gasteiger partial charge in [-0.3, -0.25) is 0 Å². The fourth-order valence-electron chi connectivity index (χ4n) is 1.24. The second kappa shape index (κ2) is 6.80. The lowest BCUT2D eigenvalue weighted by Gasteiger charge is -2.19. The number of rotatable bonds is 4. The van der Waals surface area contributed by atoms with Crippen LogP contribution >= 0.6 is 0 Å². The zero-order chi connectivity index (χ0) is 16.9. The normalized spacial score (nSPS) is 13.0. The number of ether oxygens (including phenoxy) is 2. The summed E-state index contributed by atoms with van der Waals surface area (Å²) in [5.41, 5.74) is -0.410. The summed E-state index contributed by atoms with van der Waals surface area (Å²) >= 11 is 0. The highest BCUT2D eigenvalue weighted by molar-refractivity contribution is 5.69. The molecule has 0 unspecified atom stereocenters. The molecule has 0 aromatic heterocycles. The van der Waals surface area contributed by atoms with E-state index < -0.39 is 11.8 Å². The van der Waals surface area contributed by atoms with Crippen LogP contribution in [0.5, 0.6) is 0 Å². The van der Waals surface area contributed by atoms with E-state index in [1.165, 1.54) is 19.9 Å². The van der Waals surface area contributed by atoms with Crippen molar-refractivity contribution >= 4 is 18.0 Å². The van der Waals surface area contributed by atoms with Crippen molar-refractivity contribution in [1.82, 2.24) is 0 Å². The Bertz CT molecular complexity index is 627. The van der Waals surface area contributed by atoms with Crippen molar-refractivity contribution in [1.29, 1.82) is 0 Å². The minimum Gasteiger partial charge on any atom is -0.428 e. The van der Waals surface area contributed by atoms with E-state index in [9.17, 15) is 14.4 Å². The minimum atomic E-state index is -0.997. The largest absolute Gasteiger partial charge is 0.514 e. The zero-order valence-electron chi connectivity index (χ0n) is 12.9. The lowest BCUT2D eigenvalue weighted by molar-refractivity contribution is 0.00742. The van der Waals surface area contributed by atoms with Gasteiger partial charge in [0.25, 0.3) is 0 Å². The van der Waals surface area contributed by atoms with Gasteiger partial charge in [0.2, 0.25) is 0 Å². The van der Waals surface area contributed by atoms with Crippen LogP contribution in [0.3, 0.4) is 0 Å². The Balaban J connectivity index is 3.12. The first-order valence-electron chi connectivity index (χ1n) is 6.33. The molecule has 0 spiro atoms. The van der Waals surface area contributed by atoms with E-state index in [0.717, 1.165) is 0 Å². The van der Waals surface area contributed by atoms with Crippen molar-refractivity contribution < 1.29 is 33.6 Å². The highest BCUT2D eigenvalue weighted by atomic mass is 17.4. The first kappa shape index (κ1) is 17.3. The van der Waals surface area contributed by atoms with Gasteiger partial charge >= 0.3 is 12.1 Å². The van der Waals surface area contributed by atoms with E-state index in [4.69, 9.17) is 9.47 Å².